The second-order valence-corrected chi connectivity index (χ2v) is 8.83. The van der Waals surface area contributed by atoms with Crippen molar-refractivity contribution in [2.24, 2.45) is 10.2 Å². The maximum absolute atomic E-state index is 11.5. The minimum Gasteiger partial charge on any atom is -0.505 e. The van der Waals surface area contributed by atoms with Crippen LogP contribution < -0.4 is 0 Å². The molecule has 10 nitrogen and oxygen atoms in total. The summed E-state index contributed by atoms with van der Waals surface area (Å²) in [5.74, 6) is -1.42. The predicted molar refractivity (Wildman–Crippen MR) is 103 cm³/mol. The molecule has 0 fully saturated rings. The topological polar surface area (TPSA) is 174 Å². The lowest BCUT2D eigenvalue weighted by molar-refractivity contribution is 0.444. The van der Waals surface area contributed by atoms with Crippen molar-refractivity contribution in [3.8, 4) is 11.5 Å². The fourth-order valence-corrected chi connectivity index (χ4v) is 4.23. The molecule has 13 heteroatoms. The molecular weight excluding hydrogens is 448 g/mol. The molecule has 3 aromatic rings. The van der Waals surface area contributed by atoms with Crippen LogP contribution in [-0.2, 0) is 20.2 Å². The molecular formula is C16H11ClN2O8S2. The Morgan fingerprint density at radius 1 is 0.724 bits per heavy atom. The molecule has 0 aliphatic heterocycles. The van der Waals surface area contributed by atoms with Crippen molar-refractivity contribution in [3.05, 3.63) is 47.5 Å². The first-order chi connectivity index (χ1) is 13.4. The van der Waals surface area contributed by atoms with E-state index in [9.17, 15) is 36.2 Å². The van der Waals surface area contributed by atoms with E-state index in [-0.39, 0.29) is 21.5 Å². The van der Waals surface area contributed by atoms with Crippen molar-refractivity contribution in [3.63, 3.8) is 0 Å². The largest absolute Gasteiger partial charge is 0.505 e. The number of phenolic OH excluding ortho intramolecular Hbond substituents is 2. The maximum atomic E-state index is 11.5. The summed E-state index contributed by atoms with van der Waals surface area (Å²) in [5.41, 5.74) is -0.638. The van der Waals surface area contributed by atoms with Gasteiger partial charge in [0.25, 0.3) is 10.1 Å². The van der Waals surface area contributed by atoms with Gasteiger partial charge in [-0.1, -0.05) is 29.8 Å². The van der Waals surface area contributed by atoms with E-state index < -0.39 is 47.2 Å². The second kappa shape index (κ2) is 7.24. The number of azo groups is 1. The summed E-state index contributed by atoms with van der Waals surface area (Å²) in [6.45, 7) is 0. The maximum Gasteiger partial charge on any atom is 0.300 e. The summed E-state index contributed by atoms with van der Waals surface area (Å²) in [4.78, 5) is -1.40. The Morgan fingerprint density at radius 2 is 1.34 bits per heavy atom. The van der Waals surface area contributed by atoms with Crippen LogP contribution in [0.1, 0.15) is 0 Å². The Hall–Kier alpha value is -2.77. The van der Waals surface area contributed by atoms with Crippen LogP contribution in [0.15, 0.2) is 62.5 Å². The molecule has 4 N–H and O–H groups in total. The third-order valence-corrected chi connectivity index (χ3v) is 5.97. The lowest BCUT2D eigenvalue weighted by Crippen LogP contribution is -1.99. The number of aromatic hydroxyl groups is 2. The highest BCUT2D eigenvalue weighted by Crippen LogP contribution is 2.41. The molecule has 0 unspecified atom stereocenters. The first kappa shape index (κ1) is 21.0. The summed E-state index contributed by atoms with van der Waals surface area (Å²) in [6.07, 6.45) is 0. The van der Waals surface area contributed by atoms with E-state index in [1.54, 1.807) is 0 Å². The monoisotopic (exact) mass is 458 g/mol. The molecule has 0 amide bonds. The highest BCUT2D eigenvalue weighted by molar-refractivity contribution is 7.86. The molecule has 3 aromatic carbocycles. The molecule has 0 heterocycles. The predicted octanol–water partition coefficient (Wildman–Crippen LogP) is 3.81. The molecule has 152 valence electrons. The van der Waals surface area contributed by atoms with Gasteiger partial charge in [0.2, 0.25) is 0 Å². The number of phenols is 2. The van der Waals surface area contributed by atoms with Gasteiger partial charge in [-0.2, -0.15) is 16.8 Å². The third-order valence-electron chi connectivity index (χ3n) is 3.83. The van der Waals surface area contributed by atoms with Crippen molar-refractivity contribution >= 4 is 54.0 Å². The summed E-state index contributed by atoms with van der Waals surface area (Å²) in [5, 5.41) is 27.2. The molecule has 0 saturated heterocycles. The zero-order valence-electron chi connectivity index (χ0n) is 14.1. The molecule has 0 saturated carbocycles. The lowest BCUT2D eigenvalue weighted by Gasteiger charge is -2.08. The van der Waals surface area contributed by atoms with Crippen LogP contribution in [0.25, 0.3) is 10.8 Å². The minimum atomic E-state index is -4.90. The van der Waals surface area contributed by atoms with Gasteiger partial charge in [0.15, 0.2) is 16.4 Å². The van der Waals surface area contributed by atoms with Gasteiger partial charge in [0.1, 0.15) is 16.3 Å². The number of rotatable bonds is 4. The van der Waals surface area contributed by atoms with Crippen molar-refractivity contribution in [2.45, 2.75) is 9.79 Å². The smallest absolute Gasteiger partial charge is 0.300 e. The van der Waals surface area contributed by atoms with E-state index in [1.165, 1.54) is 24.3 Å². The molecule has 29 heavy (non-hydrogen) atoms. The van der Waals surface area contributed by atoms with Crippen LogP contribution in [-0.4, -0.2) is 36.2 Å². The zero-order chi connectivity index (χ0) is 21.6. The van der Waals surface area contributed by atoms with E-state index >= 15 is 0 Å². The first-order valence-electron chi connectivity index (χ1n) is 7.54. The van der Waals surface area contributed by atoms with Crippen LogP contribution in [0.3, 0.4) is 0 Å². The number of hydrogen-bond donors (Lipinski definition) is 4. The van der Waals surface area contributed by atoms with Crippen molar-refractivity contribution in [2.75, 3.05) is 0 Å². The van der Waals surface area contributed by atoms with Gasteiger partial charge < -0.3 is 10.2 Å². The molecule has 0 aliphatic carbocycles. The summed E-state index contributed by atoms with van der Waals surface area (Å²) in [6, 6.07) is 8.44. The van der Waals surface area contributed by atoms with Gasteiger partial charge in [-0.25, -0.2) is 0 Å². The molecule has 0 aliphatic rings. The molecule has 0 spiro atoms. The molecule has 0 aromatic heterocycles. The molecule has 0 bridgehead atoms. The fourth-order valence-electron chi connectivity index (χ4n) is 2.58. The number of halogens is 1. The number of benzene rings is 3. The number of hydrogen-bond acceptors (Lipinski definition) is 8. The van der Waals surface area contributed by atoms with Crippen LogP contribution in [0.4, 0.5) is 11.4 Å². The average Bonchev–Trinajstić information content (AvgIpc) is 2.61. The van der Waals surface area contributed by atoms with Gasteiger partial charge in [0, 0.05) is 10.8 Å². The van der Waals surface area contributed by atoms with E-state index in [1.807, 2.05) is 0 Å². The van der Waals surface area contributed by atoms with Crippen molar-refractivity contribution in [1.82, 2.24) is 0 Å². The Morgan fingerprint density at radius 3 is 1.97 bits per heavy atom. The number of nitrogens with zero attached hydrogens (tertiary/aromatic N) is 2. The highest BCUT2D eigenvalue weighted by Gasteiger charge is 2.23. The Kier molecular flexibility index (Phi) is 5.23. The van der Waals surface area contributed by atoms with E-state index in [0.717, 1.165) is 18.2 Å². The van der Waals surface area contributed by atoms with Crippen LogP contribution in [0.5, 0.6) is 11.5 Å². The SMILES string of the molecule is O=S(=O)(O)c1c(N=Nc2ccc3c(S(=O)(=O)O)cccc3c2O)ccc(Cl)c1O. The quantitative estimate of drug-likeness (QED) is 0.337. The van der Waals surface area contributed by atoms with Crippen LogP contribution in [0, 0.1) is 0 Å². The number of fused-ring (bicyclic) bond motifs is 1. The van der Waals surface area contributed by atoms with Gasteiger partial charge >= 0.3 is 10.1 Å². The normalized spacial score (nSPS) is 12.7. The summed E-state index contributed by atoms with van der Waals surface area (Å²) in [7, 11) is -9.45. The van der Waals surface area contributed by atoms with E-state index in [4.69, 9.17) is 11.6 Å². The van der Waals surface area contributed by atoms with Gasteiger partial charge in [-0.3, -0.25) is 9.11 Å². The fraction of sp³-hybridized carbons (Fsp3) is 0. The second-order valence-electron chi connectivity index (χ2n) is 5.68. The molecule has 3 rings (SSSR count). The average molecular weight is 459 g/mol. The van der Waals surface area contributed by atoms with Crippen molar-refractivity contribution in [1.29, 1.82) is 0 Å². The Labute approximate surface area is 169 Å². The van der Waals surface area contributed by atoms with E-state index in [0.29, 0.717) is 0 Å². The molecule has 0 atom stereocenters. The summed E-state index contributed by atoms with van der Waals surface area (Å²) < 4.78 is 64.5. The Bertz CT molecular complexity index is 1390. The first-order valence-corrected chi connectivity index (χ1v) is 10.8. The van der Waals surface area contributed by atoms with Crippen LogP contribution in [0.2, 0.25) is 5.02 Å². The summed E-state index contributed by atoms with van der Waals surface area (Å²) >= 11 is 5.64. The lowest BCUT2D eigenvalue weighted by atomic mass is 10.1. The highest BCUT2D eigenvalue weighted by atomic mass is 35.5. The minimum absolute atomic E-state index is 0.0224. The zero-order valence-corrected chi connectivity index (χ0v) is 16.4. The van der Waals surface area contributed by atoms with Gasteiger partial charge in [-0.15, -0.1) is 10.2 Å². The molecule has 0 radical (unpaired) electrons. The Balaban J connectivity index is 2.17. The van der Waals surface area contributed by atoms with Gasteiger partial charge in [0.05, 0.1) is 5.02 Å². The van der Waals surface area contributed by atoms with Crippen molar-refractivity contribution < 1.29 is 36.2 Å². The van der Waals surface area contributed by atoms with Gasteiger partial charge in [-0.05, 0) is 24.3 Å². The van der Waals surface area contributed by atoms with E-state index in [2.05, 4.69) is 10.2 Å². The third kappa shape index (κ3) is 4.02. The standard InChI is InChI=1S/C16H11ClN2O8S2/c17-10-5-7-12(16(15(10)21)29(25,26)27)19-18-11-6-4-8-9(14(11)20)2-1-3-13(8)28(22,23)24/h1-7,20-21H,(H,22,23,24)(H,25,26,27). The van der Waals surface area contributed by atoms with Crippen LogP contribution >= 0.6 is 11.6 Å².